The van der Waals surface area contributed by atoms with Gasteiger partial charge < -0.3 is 0 Å². The smallest absolute Gasteiger partial charge is 0.226 e. The van der Waals surface area contributed by atoms with Gasteiger partial charge in [0.15, 0.2) is 0 Å². The number of alkyl halides is 22. The molecular weight excluding hydrogens is 562 g/mol. The Hall–Kier alpha value is -1.54. The highest BCUT2D eigenvalue weighted by Crippen LogP contribution is 2.85. The molecule has 2 bridgehead atoms. The molecule has 0 N–H and O–H groups in total. The molecule has 2 aliphatic rings. The van der Waals surface area contributed by atoms with E-state index in [0.717, 1.165) is 0 Å². The molecule has 0 aromatic carbocycles. The monoisotopic (exact) mass is 562 g/mol. The van der Waals surface area contributed by atoms with Crippen LogP contribution >= 0.6 is 0 Å². The largest absolute Gasteiger partial charge is 0.434 e. The van der Waals surface area contributed by atoms with Gasteiger partial charge in [0.05, 0.1) is 0 Å². The molecule has 0 nitrogen and oxygen atoms in total. The van der Waals surface area contributed by atoms with Crippen LogP contribution in [0.2, 0.25) is 0 Å². The van der Waals surface area contributed by atoms with Gasteiger partial charge in [-0.3, -0.25) is 0 Å². The molecular formula is C12F22. The van der Waals surface area contributed by atoms with Crippen LogP contribution in [0.4, 0.5) is 96.6 Å². The quantitative estimate of drug-likeness (QED) is 0.286. The Morgan fingerprint density at radius 3 is 0.529 bits per heavy atom. The maximum Gasteiger partial charge on any atom is 0.434 e. The van der Waals surface area contributed by atoms with Gasteiger partial charge in [-0.2, -0.15) is 74.6 Å². The standard InChI is InChI=1S/C12F22/c13-1(10(26,27)28)2(14)6(18,19)4(16,11(29,30)31)8(22,23)3(1,15)9(24,25)5(17,7(2,20)21)12(32,33)34. The Labute approximate surface area is 168 Å². The number of hydrogen-bond acceptors (Lipinski definition) is 0. The lowest BCUT2D eigenvalue weighted by molar-refractivity contribution is -0.574. The van der Waals surface area contributed by atoms with Crippen molar-refractivity contribution >= 4 is 0 Å². The molecule has 0 saturated heterocycles. The molecule has 0 radical (unpaired) electrons. The van der Waals surface area contributed by atoms with Crippen LogP contribution in [-0.2, 0) is 0 Å². The average molecular weight is 562 g/mol. The molecule has 0 spiro atoms. The van der Waals surface area contributed by atoms with Gasteiger partial charge in [-0.05, 0) is 0 Å². The summed E-state index contributed by atoms with van der Waals surface area (Å²) in [4.78, 5) is 0. The van der Waals surface area contributed by atoms with E-state index in [1.54, 1.807) is 0 Å². The molecule has 0 heterocycles. The first-order valence-electron chi connectivity index (χ1n) is 7.41. The van der Waals surface area contributed by atoms with Gasteiger partial charge >= 0.3 is 53.6 Å². The Kier molecular flexibility index (Phi) is 4.96. The zero-order chi connectivity index (χ0) is 28.0. The van der Waals surface area contributed by atoms with Gasteiger partial charge in [0.25, 0.3) is 17.0 Å². The van der Waals surface area contributed by atoms with E-state index in [-0.39, 0.29) is 0 Å². The lowest BCUT2D eigenvalue weighted by Crippen LogP contribution is -3.04. The van der Waals surface area contributed by atoms with Crippen molar-refractivity contribution in [2.45, 2.75) is 70.6 Å². The lowest BCUT2D eigenvalue weighted by Gasteiger charge is -2.68. The molecule has 0 amide bonds. The minimum absolute atomic E-state index is 8.59. The molecule has 34 heavy (non-hydrogen) atoms. The summed E-state index contributed by atoms with van der Waals surface area (Å²) in [6.45, 7) is 0. The van der Waals surface area contributed by atoms with Crippen LogP contribution in [0.3, 0.4) is 0 Å². The van der Waals surface area contributed by atoms with Crippen molar-refractivity contribution in [3.8, 4) is 0 Å². The van der Waals surface area contributed by atoms with Crippen molar-refractivity contribution in [3.05, 3.63) is 0 Å². The first kappa shape index (κ1) is 28.7. The van der Waals surface area contributed by atoms with Crippen molar-refractivity contribution in [3.63, 3.8) is 0 Å². The van der Waals surface area contributed by atoms with Crippen molar-refractivity contribution in [1.82, 2.24) is 0 Å². The molecule has 2 saturated carbocycles. The summed E-state index contributed by atoms with van der Waals surface area (Å²) in [6.07, 6.45) is -26.0. The minimum Gasteiger partial charge on any atom is -0.226 e. The van der Waals surface area contributed by atoms with E-state index < -0.39 is 70.6 Å². The van der Waals surface area contributed by atoms with E-state index >= 15 is 0 Å². The summed E-state index contributed by atoms with van der Waals surface area (Å²) in [7, 11) is 0. The van der Waals surface area contributed by atoms with Crippen molar-refractivity contribution in [1.29, 1.82) is 0 Å². The Morgan fingerprint density at radius 1 is 0.265 bits per heavy atom. The van der Waals surface area contributed by atoms with E-state index in [9.17, 15) is 96.6 Å². The van der Waals surface area contributed by atoms with E-state index in [2.05, 4.69) is 0 Å². The van der Waals surface area contributed by atoms with Crippen LogP contribution in [0.5, 0.6) is 0 Å². The molecule has 0 aromatic heterocycles. The fourth-order valence-electron chi connectivity index (χ4n) is 3.94. The third-order valence-corrected chi connectivity index (χ3v) is 5.58. The fourth-order valence-corrected chi connectivity index (χ4v) is 3.94. The zero-order valence-corrected chi connectivity index (χ0v) is 14.3. The summed E-state index contributed by atoms with van der Waals surface area (Å²) in [5.74, 6) is -37.1. The van der Waals surface area contributed by atoms with Gasteiger partial charge in [-0.25, -0.2) is 22.0 Å². The molecule has 0 aromatic rings. The minimum atomic E-state index is -9.42. The average Bonchev–Trinajstić information content (AvgIpc) is 2.58. The van der Waals surface area contributed by atoms with Crippen molar-refractivity contribution in [2.24, 2.45) is 0 Å². The second-order valence-electron chi connectivity index (χ2n) is 7.08. The Bertz CT molecular complexity index is 772. The maximum atomic E-state index is 14.7. The SMILES string of the molecule is FC(F)(F)C1(F)C(F)(F)C2(F)C(F)(F)C(F)(C(F)(F)F)C(F)(F)C(F)(C1(F)F)C2(F)C(F)(F)F. The summed E-state index contributed by atoms with van der Waals surface area (Å²) in [6, 6.07) is 0. The van der Waals surface area contributed by atoms with Crippen LogP contribution < -0.4 is 0 Å². The van der Waals surface area contributed by atoms with Gasteiger partial charge in [0.2, 0.25) is 0 Å². The fraction of sp³-hybridized carbons (Fsp3) is 1.00. The number of rotatable bonds is 0. The Morgan fingerprint density at radius 2 is 0.412 bits per heavy atom. The second-order valence-corrected chi connectivity index (χ2v) is 7.08. The summed E-state index contributed by atoms with van der Waals surface area (Å²) in [5, 5.41) is 0. The van der Waals surface area contributed by atoms with E-state index in [1.165, 1.54) is 0 Å². The Balaban J connectivity index is 3.50. The molecule has 0 aliphatic heterocycles. The highest BCUT2D eigenvalue weighted by atomic mass is 19.4. The lowest BCUT2D eigenvalue weighted by atomic mass is 9.45. The summed E-state index contributed by atoms with van der Waals surface area (Å²) < 4.78 is 300. The van der Waals surface area contributed by atoms with Crippen LogP contribution in [0, 0.1) is 0 Å². The van der Waals surface area contributed by atoms with Crippen LogP contribution in [-0.4, -0.2) is 70.6 Å². The van der Waals surface area contributed by atoms with E-state index in [1.807, 2.05) is 0 Å². The third-order valence-electron chi connectivity index (χ3n) is 5.58. The number of halogens is 22. The molecule has 2 rings (SSSR count). The second kappa shape index (κ2) is 5.88. The predicted octanol–water partition coefficient (Wildman–Crippen LogP) is 6.78. The van der Waals surface area contributed by atoms with E-state index in [0.29, 0.717) is 0 Å². The van der Waals surface area contributed by atoms with Crippen molar-refractivity contribution in [2.75, 3.05) is 0 Å². The predicted molar refractivity (Wildman–Crippen MR) is 57.1 cm³/mol. The van der Waals surface area contributed by atoms with Crippen LogP contribution in [0.15, 0.2) is 0 Å². The van der Waals surface area contributed by atoms with Crippen LogP contribution in [0.25, 0.3) is 0 Å². The molecule has 2 aliphatic carbocycles. The number of fused-ring (bicyclic) bond motifs is 2. The van der Waals surface area contributed by atoms with E-state index in [4.69, 9.17) is 0 Å². The highest BCUT2D eigenvalue weighted by molar-refractivity contribution is 5.49. The van der Waals surface area contributed by atoms with Gasteiger partial charge in [-0.15, -0.1) is 0 Å². The maximum absolute atomic E-state index is 14.7. The molecule has 2 fully saturated rings. The molecule has 0 atom stereocenters. The van der Waals surface area contributed by atoms with Gasteiger partial charge in [-0.1, -0.05) is 0 Å². The molecule has 22 heteroatoms. The normalized spacial score (nSPS) is 45.7. The zero-order valence-electron chi connectivity index (χ0n) is 14.3. The summed E-state index contributed by atoms with van der Waals surface area (Å²) in [5.41, 5.74) is -46.2. The topological polar surface area (TPSA) is 0 Å². The highest BCUT2D eigenvalue weighted by Gasteiger charge is 3.19. The third kappa shape index (κ3) is 1.98. The molecule has 0 unspecified atom stereocenters. The van der Waals surface area contributed by atoms with Gasteiger partial charge in [0.1, 0.15) is 0 Å². The number of hydrogen-bond donors (Lipinski definition) is 0. The summed E-state index contributed by atoms with van der Waals surface area (Å²) >= 11 is 0. The van der Waals surface area contributed by atoms with Crippen molar-refractivity contribution < 1.29 is 96.6 Å². The first-order valence-corrected chi connectivity index (χ1v) is 7.41. The first-order chi connectivity index (χ1) is 14.2. The molecule has 202 valence electrons. The van der Waals surface area contributed by atoms with Gasteiger partial charge in [0, 0.05) is 0 Å². The van der Waals surface area contributed by atoms with Crippen LogP contribution in [0.1, 0.15) is 0 Å².